The number of thiazole rings is 1. The van der Waals surface area contributed by atoms with Gasteiger partial charge in [-0.2, -0.15) is 5.10 Å². The van der Waals surface area contributed by atoms with Gasteiger partial charge < -0.3 is 15.2 Å². The van der Waals surface area contributed by atoms with E-state index < -0.39 is 0 Å². The lowest BCUT2D eigenvalue weighted by atomic mass is 10.2. The van der Waals surface area contributed by atoms with Crippen LogP contribution in [0.5, 0.6) is 11.5 Å². The van der Waals surface area contributed by atoms with Gasteiger partial charge in [-0.05, 0) is 41.5 Å². The van der Waals surface area contributed by atoms with Crippen molar-refractivity contribution in [1.29, 1.82) is 0 Å². The molecule has 0 saturated carbocycles. The first-order valence-electron chi connectivity index (χ1n) is 7.69. The Kier molecular flexibility index (Phi) is 6.08. The van der Waals surface area contributed by atoms with E-state index in [1.807, 2.05) is 42.5 Å². The van der Waals surface area contributed by atoms with Crippen LogP contribution in [0.1, 0.15) is 11.1 Å². The first kappa shape index (κ1) is 18.2. The molecule has 0 aliphatic rings. The van der Waals surface area contributed by atoms with Crippen LogP contribution >= 0.6 is 27.3 Å². The highest BCUT2D eigenvalue weighted by Crippen LogP contribution is 2.28. The van der Waals surface area contributed by atoms with Crippen LogP contribution in [-0.4, -0.2) is 18.3 Å². The Hall–Kier alpha value is -2.58. The van der Waals surface area contributed by atoms with E-state index in [4.69, 9.17) is 15.2 Å². The molecule has 0 saturated heterocycles. The molecule has 6 nitrogen and oxygen atoms in total. The summed E-state index contributed by atoms with van der Waals surface area (Å²) in [5.74, 6) is 1.79. The highest BCUT2D eigenvalue weighted by atomic mass is 79.9. The Balaban J connectivity index is 1.65. The first-order valence-corrected chi connectivity index (χ1v) is 9.36. The number of aromatic nitrogens is 1. The Bertz CT molecular complexity index is 914. The van der Waals surface area contributed by atoms with Crippen molar-refractivity contribution in [2.45, 2.75) is 6.61 Å². The van der Waals surface area contributed by atoms with Crippen molar-refractivity contribution in [2.24, 2.45) is 5.10 Å². The maximum atomic E-state index is 5.87. The number of halogens is 1. The van der Waals surface area contributed by atoms with Gasteiger partial charge >= 0.3 is 0 Å². The van der Waals surface area contributed by atoms with Crippen LogP contribution in [0.15, 0.2) is 57.4 Å². The number of hydrogen-bond acceptors (Lipinski definition) is 7. The molecule has 3 N–H and O–H groups in total. The number of nitrogens with one attached hydrogen (secondary N) is 1. The molecular formula is C18H17BrN4O2S. The normalized spacial score (nSPS) is 10.8. The number of nitrogen functional groups attached to an aromatic ring is 1. The zero-order valence-corrected chi connectivity index (χ0v) is 16.4. The summed E-state index contributed by atoms with van der Waals surface area (Å²) in [5, 5.41) is 6.54. The quantitative estimate of drug-likeness (QED) is 0.423. The average molecular weight is 433 g/mol. The van der Waals surface area contributed by atoms with E-state index in [2.05, 4.69) is 31.4 Å². The fraction of sp³-hybridized carbons (Fsp3) is 0.111. The SMILES string of the molecule is COc1cc(C=NNc2nc(N)cs2)ccc1OCc1cccc(Br)c1. The molecule has 0 fully saturated rings. The molecule has 3 rings (SSSR count). The first-order chi connectivity index (χ1) is 12.6. The molecule has 0 bridgehead atoms. The fourth-order valence-electron chi connectivity index (χ4n) is 2.17. The summed E-state index contributed by atoms with van der Waals surface area (Å²) < 4.78 is 12.3. The van der Waals surface area contributed by atoms with Crippen molar-refractivity contribution in [1.82, 2.24) is 4.98 Å². The molecule has 0 aliphatic heterocycles. The minimum Gasteiger partial charge on any atom is -0.493 e. The zero-order valence-electron chi connectivity index (χ0n) is 14.0. The number of rotatable bonds is 7. The van der Waals surface area contributed by atoms with Gasteiger partial charge in [0.2, 0.25) is 5.13 Å². The van der Waals surface area contributed by atoms with E-state index in [9.17, 15) is 0 Å². The number of nitrogens with two attached hydrogens (primary N) is 1. The molecule has 0 spiro atoms. The third-order valence-electron chi connectivity index (χ3n) is 3.37. The lowest BCUT2D eigenvalue weighted by Crippen LogP contribution is -1.98. The Morgan fingerprint density at radius 1 is 1.27 bits per heavy atom. The van der Waals surface area contributed by atoms with E-state index in [0.717, 1.165) is 15.6 Å². The zero-order chi connectivity index (χ0) is 18.4. The van der Waals surface area contributed by atoms with Gasteiger partial charge in [0.15, 0.2) is 11.5 Å². The van der Waals surface area contributed by atoms with Crippen LogP contribution < -0.4 is 20.6 Å². The number of hydrazone groups is 1. The number of hydrogen-bond donors (Lipinski definition) is 2. The summed E-state index contributed by atoms with van der Waals surface area (Å²) in [4.78, 5) is 4.07. The Labute approximate surface area is 163 Å². The van der Waals surface area contributed by atoms with E-state index in [1.54, 1.807) is 18.7 Å². The molecule has 134 valence electrons. The largest absolute Gasteiger partial charge is 0.493 e. The van der Waals surface area contributed by atoms with Gasteiger partial charge in [-0.25, -0.2) is 4.98 Å². The van der Waals surface area contributed by atoms with E-state index in [-0.39, 0.29) is 0 Å². The second kappa shape index (κ2) is 8.68. The number of anilines is 2. The fourth-order valence-corrected chi connectivity index (χ4v) is 3.17. The van der Waals surface area contributed by atoms with Gasteiger partial charge in [-0.3, -0.25) is 5.43 Å². The molecule has 1 heterocycles. The second-order valence-electron chi connectivity index (χ2n) is 5.28. The van der Waals surface area contributed by atoms with E-state index >= 15 is 0 Å². The smallest absolute Gasteiger partial charge is 0.205 e. The molecular weight excluding hydrogens is 416 g/mol. The topological polar surface area (TPSA) is 81.8 Å². The average Bonchev–Trinajstić information content (AvgIpc) is 3.05. The van der Waals surface area contributed by atoms with Crippen molar-refractivity contribution in [3.63, 3.8) is 0 Å². The predicted molar refractivity (Wildman–Crippen MR) is 109 cm³/mol. The Morgan fingerprint density at radius 3 is 2.88 bits per heavy atom. The van der Waals surface area contributed by atoms with Crippen LogP contribution in [0.4, 0.5) is 10.9 Å². The molecule has 0 radical (unpaired) electrons. The number of nitrogens with zero attached hydrogens (tertiary/aromatic N) is 2. The van der Waals surface area contributed by atoms with Gasteiger partial charge in [0.05, 0.1) is 13.3 Å². The molecule has 3 aromatic rings. The highest BCUT2D eigenvalue weighted by molar-refractivity contribution is 9.10. The number of ether oxygens (including phenoxy) is 2. The van der Waals surface area contributed by atoms with E-state index in [1.165, 1.54) is 11.3 Å². The lowest BCUT2D eigenvalue weighted by Gasteiger charge is -2.11. The van der Waals surface area contributed by atoms with Gasteiger partial charge in [0.25, 0.3) is 0 Å². The van der Waals surface area contributed by atoms with Crippen molar-refractivity contribution < 1.29 is 9.47 Å². The minimum absolute atomic E-state index is 0.455. The third-order valence-corrected chi connectivity index (χ3v) is 4.63. The minimum atomic E-state index is 0.455. The van der Waals surface area contributed by atoms with E-state index in [0.29, 0.717) is 29.1 Å². The van der Waals surface area contributed by atoms with Crippen LogP contribution in [0, 0.1) is 0 Å². The molecule has 26 heavy (non-hydrogen) atoms. The third kappa shape index (κ3) is 4.96. The number of methoxy groups -OCH3 is 1. The summed E-state index contributed by atoms with van der Waals surface area (Å²) in [6.45, 7) is 0.455. The van der Waals surface area contributed by atoms with Crippen molar-refractivity contribution in [3.8, 4) is 11.5 Å². The molecule has 0 unspecified atom stereocenters. The summed E-state index contributed by atoms with van der Waals surface area (Å²) in [5.41, 5.74) is 10.3. The second-order valence-corrected chi connectivity index (χ2v) is 7.05. The number of benzene rings is 2. The summed E-state index contributed by atoms with van der Waals surface area (Å²) in [6, 6.07) is 13.6. The van der Waals surface area contributed by atoms with Crippen LogP contribution in [-0.2, 0) is 6.61 Å². The van der Waals surface area contributed by atoms with Crippen molar-refractivity contribution in [3.05, 3.63) is 63.4 Å². The predicted octanol–water partition coefficient (Wildman–Crippen LogP) is 4.52. The summed E-state index contributed by atoms with van der Waals surface area (Å²) in [7, 11) is 1.61. The molecule has 0 atom stereocenters. The van der Waals surface area contributed by atoms with Crippen LogP contribution in [0.3, 0.4) is 0 Å². The van der Waals surface area contributed by atoms with Gasteiger partial charge in [-0.1, -0.05) is 28.1 Å². The molecule has 8 heteroatoms. The highest BCUT2D eigenvalue weighted by Gasteiger charge is 2.06. The van der Waals surface area contributed by atoms with Gasteiger partial charge in [0.1, 0.15) is 12.4 Å². The molecule has 1 aromatic heterocycles. The van der Waals surface area contributed by atoms with Gasteiger partial charge in [0, 0.05) is 9.85 Å². The maximum absolute atomic E-state index is 5.87. The summed E-state index contributed by atoms with van der Waals surface area (Å²) >= 11 is 4.85. The van der Waals surface area contributed by atoms with Crippen molar-refractivity contribution in [2.75, 3.05) is 18.3 Å². The Morgan fingerprint density at radius 2 is 2.15 bits per heavy atom. The van der Waals surface area contributed by atoms with Crippen molar-refractivity contribution >= 4 is 44.4 Å². The summed E-state index contributed by atoms with van der Waals surface area (Å²) in [6.07, 6.45) is 1.68. The van der Waals surface area contributed by atoms with Crippen LogP contribution in [0.25, 0.3) is 0 Å². The molecule has 0 amide bonds. The monoisotopic (exact) mass is 432 g/mol. The molecule has 2 aromatic carbocycles. The lowest BCUT2D eigenvalue weighted by molar-refractivity contribution is 0.284. The maximum Gasteiger partial charge on any atom is 0.205 e. The molecule has 0 aliphatic carbocycles. The van der Waals surface area contributed by atoms with Crippen LogP contribution in [0.2, 0.25) is 0 Å². The standard InChI is InChI=1S/C18H17BrN4O2S/c1-24-16-8-12(9-21-23-18-22-17(20)11-26-18)5-6-15(16)25-10-13-3-2-4-14(19)7-13/h2-9,11H,10,20H2,1H3,(H,22,23). The van der Waals surface area contributed by atoms with Gasteiger partial charge in [-0.15, -0.1) is 11.3 Å².